The van der Waals surface area contributed by atoms with Crippen LogP contribution >= 0.6 is 0 Å². The quantitative estimate of drug-likeness (QED) is 0.631. The first-order chi connectivity index (χ1) is 8.27. The molecule has 4 nitrogen and oxygen atoms in total. The van der Waals surface area contributed by atoms with Crippen molar-refractivity contribution in [2.75, 3.05) is 0 Å². The van der Waals surface area contributed by atoms with Crippen LogP contribution in [0, 0.1) is 5.95 Å². The third-order valence-corrected chi connectivity index (χ3v) is 3.60. The Hall–Kier alpha value is -0.975. The molecule has 1 aromatic heterocycles. The van der Waals surface area contributed by atoms with Crippen molar-refractivity contribution in [3.8, 4) is 0 Å². The van der Waals surface area contributed by atoms with Crippen LogP contribution in [0.3, 0.4) is 0 Å². The summed E-state index contributed by atoms with van der Waals surface area (Å²) in [6.45, 7) is 7.32. The molecule has 2 heterocycles. The minimum absolute atomic E-state index is 0.255. The third kappa shape index (κ3) is 2.16. The molecule has 0 atom stereocenters. The number of aromatic nitrogens is 1. The fraction of sp³-hybridized carbons (Fsp3) is 0.583. The highest BCUT2D eigenvalue weighted by atomic mass is 19.1. The van der Waals surface area contributed by atoms with E-state index in [-0.39, 0.29) is 17.8 Å². The second kappa shape index (κ2) is 4.29. The van der Waals surface area contributed by atoms with Crippen LogP contribution in [0.1, 0.15) is 33.4 Å². The summed E-state index contributed by atoms with van der Waals surface area (Å²) < 4.78 is 25.3. The predicted molar refractivity (Wildman–Crippen MR) is 65.8 cm³/mol. The number of nitrogens with zero attached hydrogens (tertiary/aromatic N) is 1. The summed E-state index contributed by atoms with van der Waals surface area (Å²) in [4.78, 5) is 3.66. The van der Waals surface area contributed by atoms with Crippen molar-refractivity contribution in [1.82, 2.24) is 4.98 Å². The summed E-state index contributed by atoms with van der Waals surface area (Å²) in [6, 6.07) is 3.10. The van der Waals surface area contributed by atoms with Crippen molar-refractivity contribution in [2.45, 2.75) is 45.5 Å². The molecule has 0 saturated carbocycles. The van der Waals surface area contributed by atoms with Gasteiger partial charge in [-0.1, -0.05) is 6.07 Å². The average molecular weight is 253 g/mol. The standard InChI is InChI=1S/C12H17BFNO3/c1-11(2)12(3,4)18-13(17-11)9-6-5-8(7-16)15-10(9)14/h5-6,16H,7H2,1-4H3. The third-order valence-electron chi connectivity index (χ3n) is 3.60. The second-order valence-corrected chi connectivity index (χ2v) is 5.43. The van der Waals surface area contributed by atoms with Crippen LogP contribution < -0.4 is 5.46 Å². The number of pyridine rings is 1. The number of halogens is 1. The zero-order valence-corrected chi connectivity index (χ0v) is 11.0. The van der Waals surface area contributed by atoms with Crippen molar-refractivity contribution < 1.29 is 18.8 Å². The molecule has 1 aromatic rings. The van der Waals surface area contributed by atoms with Crippen LogP contribution in [0.25, 0.3) is 0 Å². The van der Waals surface area contributed by atoms with E-state index in [1.165, 1.54) is 6.07 Å². The molecule has 0 unspecified atom stereocenters. The van der Waals surface area contributed by atoms with E-state index < -0.39 is 24.3 Å². The molecule has 0 spiro atoms. The van der Waals surface area contributed by atoms with Gasteiger partial charge < -0.3 is 14.4 Å². The van der Waals surface area contributed by atoms with Crippen LogP contribution in [0.5, 0.6) is 0 Å². The molecule has 18 heavy (non-hydrogen) atoms. The molecular formula is C12H17BFNO3. The molecule has 0 radical (unpaired) electrons. The summed E-state index contributed by atoms with van der Waals surface area (Å²) in [5.74, 6) is -0.667. The fourth-order valence-electron chi connectivity index (χ4n) is 1.72. The highest BCUT2D eigenvalue weighted by Gasteiger charge is 2.52. The second-order valence-electron chi connectivity index (χ2n) is 5.43. The highest BCUT2D eigenvalue weighted by Crippen LogP contribution is 2.36. The Bertz CT molecular complexity index is 449. The molecule has 1 fully saturated rings. The van der Waals surface area contributed by atoms with Crippen LogP contribution in [0.15, 0.2) is 12.1 Å². The van der Waals surface area contributed by atoms with Gasteiger partial charge in [0.1, 0.15) is 0 Å². The maximum absolute atomic E-state index is 13.8. The van der Waals surface area contributed by atoms with E-state index in [4.69, 9.17) is 14.4 Å². The van der Waals surface area contributed by atoms with Gasteiger partial charge in [-0.15, -0.1) is 0 Å². The van der Waals surface area contributed by atoms with Crippen LogP contribution in [-0.4, -0.2) is 28.4 Å². The number of aliphatic hydroxyl groups excluding tert-OH is 1. The van der Waals surface area contributed by atoms with E-state index in [1.54, 1.807) is 6.07 Å². The lowest BCUT2D eigenvalue weighted by Gasteiger charge is -2.32. The fourth-order valence-corrected chi connectivity index (χ4v) is 1.72. The Morgan fingerprint density at radius 1 is 1.22 bits per heavy atom. The van der Waals surface area contributed by atoms with E-state index >= 15 is 0 Å². The van der Waals surface area contributed by atoms with Crippen molar-refractivity contribution in [3.63, 3.8) is 0 Å². The Kier molecular flexibility index (Phi) is 3.21. The van der Waals surface area contributed by atoms with Gasteiger partial charge in [-0.2, -0.15) is 4.39 Å². The first-order valence-corrected chi connectivity index (χ1v) is 5.88. The lowest BCUT2D eigenvalue weighted by atomic mass is 9.80. The van der Waals surface area contributed by atoms with Crippen molar-refractivity contribution in [2.24, 2.45) is 0 Å². The number of hydrogen-bond acceptors (Lipinski definition) is 4. The number of hydrogen-bond donors (Lipinski definition) is 1. The lowest BCUT2D eigenvalue weighted by Crippen LogP contribution is -2.41. The van der Waals surface area contributed by atoms with E-state index in [9.17, 15) is 4.39 Å². The molecule has 1 saturated heterocycles. The van der Waals surface area contributed by atoms with E-state index in [1.807, 2.05) is 27.7 Å². The summed E-state index contributed by atoms with van der Waals surface area (Å²) in [6.07, 6.45) is 0. The number of rotatable bonds is 2. The maximum Gasteiger partial charge on any atom is 0.499 e. The SMILES string of the molecule is CC1(C)OB(c2ccc(CO)nc2F)OC1(C)C. The van der Waals surface area contributed by atoms with E-state index in [2.05, 4.69) is 4.98 Å². The molecule has 0 aliphatic carbocycles. The topological polar surface area (TPSA) is 51.6 Å². The minimum atomic E-state index is -0.768. The largest absolute Gasteiger partial charge is 0.499 e. The smallest absolute Gasteiger partial charge is 0.399 e. The van der Waals surface area contributed by atoms with Gasteiger partial charge in [0, 0.05) is 5.46 Å². The highest BCUT2D eigenvalue weighted by molar-refractivity contribution is 6.62. The van der Waals surface area contributed by atoms with Gasteiger partial charge in [-0.05, 0) is 33.8 Å². The molecule has 1 aliphatic heterocycles. The van der Waals surface area contributed by atoms with Gasteiger partial charge in [-0.3, -0.25) is 0 Å². The van der Waals surface area contributed by atoms with Gasteiger partial charge in [0.05, 0.1) is 23.5 Å². The maximum atomic E-state index is 13.8. The summed E-state index contributed by atoms with van der Waals surface area (Å²) >= 11 is 0. The Labute approximate surface area is 106 Å². The molecule has 6 heteroatoms. The molecule has 1 aliphatic rings. The zero-order valence-electron chi connectivity index (χ0n) is 11.0. The Morgan fingerprint density at radius 3 is 2.22 bits per heavy atom. The van der Waals surface area contributed by atoms with Gasteiger partial charge in [0.2, 0.25) is 5.95 Å². The number of aliphatic hydroxyl groups is 1. The van der Waals surface area contributed by atoms with E-state index in [0.29, 0.717) is 0 Å². The predicted octanol–water partition coefficient (Wildman–Crippen LogP) is 1.01. The van der Waals surface area contributed by atoms with Crippen molar-refractivity contribution in [3.05, 3.63) is 23.8 Å². The molecule has 98 valence electrons. The molecule has 2 rings (SSSR count). The monoisotopic (exact) mass is 253 g/mol. The summed E-state index contributed by atoms with van der Waals surface area (Å²) in [5.41, 5.74) is -0.488. The lowest BCUT2D eigenvalue weighted by molar-refractivity contribution is 0.00578. The minimum Gasteiger partial charge on any atom is -0.399 e. The average Bonchev–Trinajstić information content (AvgIpc) is 2.47. The zero-order chi connectivity index (χ0) is 13.6. The molecule has 1 N–H and O–H groups in total. The molecular weight excluding hydrogens is 236 g/mol. The van der Waals surface area contributed by atoms with Gasteiger partial charge in [-0.25, -0.2) is 4.98 Å². The molecule has 0 aromatic carbocycles. The van der Waals surface area contributed by atoms with Crippen molar-refractivity contribution in [1.29, 1.82) is 0 Å². The van der Waals surface area contributed by atoms with Gasteiger partial charge in [0.15, 0.2) is 0 Å². The van der Waals surface area contributed by atoms with Gasteiger partial charge in [0.25, 0.3) is 0 Å². The molecule has 0 amide bonds. The normalized spacial score (nSPS) is 21.3. The summed E-state index contributed by atoms with van der Waals surface area (Å²) in [7, 11) is -0.768. The van der Waals surface area contributed by atoms with Crippen LogP contribution in [0.4, 0.5) is 4.39 Å². The Balaban J connectivity index is 2.30. The van der Waals surface area contributed by atoms with Crippen LogP contribution in [-0.2, 0) is 15.9 Å². The van der Waals surface area contributed by atoms with Crippen LogP contribution in [0.2, 0.25) is 0 Å². The van der Waals surface area contributed by atoms with Crippen molar-refractivity contribution >= 4 is 12.6 Å². The molecule has 0 bridgehead atoms. The van der Waals surface area contributed by atoms with Gasteiger partial charge >= 0.3 is 7.12 Å². The van der Waals surface area contributed by atoms with E-state index in [0.717, 1.165) is 0 Å². The first kappa shape index (κ1) is 13.5. The first-order valence-electron chi connectivity index (χ1n) is 5.88. The summed E-state index contributed by atoms with van der Waals surface area (Å²) in [5, 5.41) is 8.89. The Morgan fingerprint density at radius 2 is 1.78 bits per heavy atom.